The van der Waals surface area contributed by atoms with Crippen molar-refractivity contribution in [2.45, 2.75) is 58.3 Å². The molecule has 0 saturated carbocycles. The van der Waals surface area contributed by atoms with Gasteiger partial charge in [0.05, 0.1) is 6.61 Å². The molecule has 0 aliphatic rings. The SMILES string of the molecule is CCCCCCCCCCOc1ccccc1/C=C/C(=O)O. The lowest BCUT2D eigenvalue weighted by molar-refractivity contribution is -0.131. The highest BCUT2D eigenvalue weighted by atomic mass is 16.5. The van der Waals surface area contributed by atoms with E-state index in [4.69, 9.17) is 9.84 Å². The maximum Gasteiger partial charge on any atom is 0.328 e. The summed E-state index contributed by atoms with van der Waals surface area (Å²) < 4.78 is 5.77. The minimum atomic E-state index is -0.946. The van der Waals surface area contributed by atoms with E-state index in [9.17, 15) is 4.79 Å². The van der Waals surface area contributed by atoms with E-state index < -0.39 is 5.97 Å². The molecule has 0 saturated heterocycles. The Morgan fingerprint density at radius 1 is 1.05 bits per heavy atom. The Bertz CT molecular complexity index is 452. The molecule has 0 amide bonds. The first-order chi connectivity index (χ1) is 10.7. The van der Waals surface area contributed by atoms with Gasteiger partial charge >= 0.3 is 5.97 Å². The van der Waals surface area contributed by atoms with E-state index in [2.05, 4.69) is 6.92 Å². The van der Waals surface area contributed by atoms with Crippen LogP contribution in [0.15, 0.2) is 30.3 Å². The first-order valence-electron chi connectivity index (χ1n) is 8.37. The Morgan fingerprint density at radius 3 is 2.36 bits per heavy atom. The van der Waals surface area contributed by atoms with Gasteiger partial charge in [-0.15, -0.1) is 0 Å². The molecule has 0 heterocycles. The Kier molecular flexibility index (Phi) is 9.84. The fraction of sp³-hybridized carbons (Fsp3) is 0.526. The second kappa shape index (κ2) is 11.8. The third-order valence-electron chi connectivity index (χ3n) is 3.58. The van der Waals surface area contributed by atoms with Gasteiger partial charge in [-0.25, -0.2) is 4.79 Å². The smallest absolute Gasteiger partial charge is 0.328 e. The molecule has 1 rings (SSSR count). The Balaban J connectivity index is 2.21. The summed E-state index contributed by atoms with van der Waals surface area (Å²) in [6.45, 7) is 2.92. The summed E-state index contributed by atoms with van der Waals surface area (Å²) in [5.74, 6) is -0.194. The molecule has 0 aliphatic carbocycles. The second-order valence-corrected chi connectivity index (χ2v) is 5.53. The fourth-order valence-corrected chi connectivity index (χ4v) is 2.33. The average molecular weight is 304 g/mol. The van der Waals surface area contributed by atoms with Crippen molar-refractivity contribution < 1.29 is 14.6 Å². The molecule has 0 fully saturated rings. The lowest BCUT2D eigenvalue weighted by atomic mass is 10.1. The normalized spacial score (nSPS) is 11.0. The number of para-hydroxylation sites is 1. The summed E-state index contributed by atoms with van der Waals surface area (Å²) >= 11 is 0. The van der Waals surface area contributed by atoms with E-state index in [1.54, 1.807) is 6.08 Å². The van der Waals surface area contributed by atoms with E-state index in [1.807, 2.05) is 24.3 Å². The number of aliphatic carboxylic acids is 1. The summed E-state index contributed by atoms with van der Waals surface area (Å²) in [6.07, 6.45) is 12.9. The van der Waals surface area contributed by atoms with Crippen LogP contribution in [0.25, 0.3) is 6.08 Å². The van der Waals surface area contributed by atoms with Crippen LogP contribution in [0, 0.1) is 0 Å². The number of hydrogen-bond donors (Lipinski definition) is 1. The van der Waals surface area contributed by atoms with Crippen molar-refractivity contribution >= 4 is 12.0 Å². The molecule has 3 heteroatoms. The zero-order chi connectivity index (χ0) is 16.0. The van der Waals surface area contributed by atoms with Crippen LogP contribution in [0.1, 0.15) is 63.9 Å². The molecule has 1 aromatic rings. The number of carboxylic acid groups (broad SMARTS) is 1. The number of unbranched alkanes of at least 4 members (excludes halogenated alkanes) is 7. The van der Waals surface area contributed by atoms with Gasteiger partial charge in [0.2, 0.25) is 0 Å². The Labute approximate surface area is 134 Å². The number of benzene rings is 1. The first-order valence-corrected chi connectivity index (χ1v) is 8.37. The van der Waals surface area contributed by atoms with Crippen molar-refractivity contribution in [2.24, 2.45) is 0 Å². The van der Waals surface area contributed by atoms with Crippen molar-refractivity contribution in [2.75, 3.05) is 6.61 Å². The van der Waals surface area contributed by atoms with Crippen LogP contribution < -0.4 is 4.74 Å². The van der Waals surface area contributed by atoms with Crippen LogP contribution >= 0.6 is 0 Å². The van der Waals surface area contributed by atoms with E-state index in [0.717, 1.165) is 23.8 Å². The summed E-state index contributed by atoms with van der Waals surface area (Å²) in [4.78, 5) is 10.6. The molecule has 0 radical (unpaired) electrons. The summed E-state index contributed by atoms with van der Waals surface area (Å²) in [5, 5.41) is 8.69. The molecule has 0 unspecified atom stereocenters. The number of carbonyl (C=O) groups is 1. The van der Waals surface area contributed by atoms with Crippen LogP contribution in [0.3, 0.4) is 0 Å². The van der Waals surface area contributed by atoms with Gasteiger partial charge < -0.3 is 9.84 Å². The molecule has 1 N–H and O–H groups in total. The van der Waals surface area contributed by atoms with Crippen LogP contribution in [0.4, 0.5) is 0 Å². The topological polar surface area (TPSA) is 46.5 Å². The monoisotopic (exact) mass is 304 g/mol. The Hall–Kier alpha value is -1.77. The van der Waals surface area contributed by atoms with E-state index in [0.29, 0.717) is 6.61 Å². The van der Waals surface area contributed by atoms with E-state index in [-0.39, 0.29) is 0 Å². The summed E-state index contributed by atoms with van der Waals surface area (Å²) in [6, 6.07) is 7.53. The van der Waals surface area contributed by atoms with Gasteiger partial charge in [0.15, 0.2) is 0 Å². The predicted molar refractivity (Wildman–Crippen MR) is 91.2 cm³/mol. The minimum Gasteiger partial charge on any atom is -0.493 e. The molecule has 0 aromatic heterocycles. The lowest BCUT2D eigenvalue weighted by Gasteiger charge is -2.09. The van der Waals surface area contributed by atoms with Crippen LogP contribution in [-0.4, -0.2) is 17.7 Å². The summed E-state index contributed by atoms with van der Waals surface area (Å²) in [7, 11) is 0. The molecule has 0 aliphatic heterocycles. The number of ether oxygens (including phenoxy) is 1. The van der Waals surface area contributed by atoms with Crippen molar-refractivity contribution in [1.29, 1.82) is 0 Å². The maximum absolute atomic E-state index is 10.6. The molecule has 0 bridgehead atoms. The van der Waals surface area contributed by atoms with Crippen LogP contribution in [-0.2, 0) is 4.79 Å². The van der Waals surface area contributed by atoms with Gasteiger partial charge in [-0.05, 0) is 18.6 Å². The number of hydrogen-bond acceptors (Lipinski definition) is 2. The molecule has 122 valence electrons. The standard InChI is InChI=1S/C19H28O3/c1-2-3-4-5-6-7-8-11-16-22-18-13-10-9-12-17(18)14-15-19(20)21/h9-10,12-15H,2-8,11,16H2,1H3,(H,20,21)/b15-14+. The van der Waals surface area contributed by atoms with Gasteiger partial charge in [0.1, 0.15) is 5.75 Å². The van der Waals surface area contributed by atoms with Crippen molar-refractivity contribution in [3.8, 4) is 5.75 Å². The molecular weight excluding hydrogens is 276 g/mol. The van der Waals surface area contributed by atoms with Crippen molar-refractivity contribution in [1.82, 2.24) is 0 Å². The van der Waals surface area contributed by atoms with Gasteiger partial charge in [-0.3, -0.25) is 0 Å². The van der Waals surface area contributed by atoms with Gasteiger partial charge in [0, 0.05) is 11.6 Å². The average Bonchev–Trinajstić information content (AvgIpc) is 2.52. The minimum absolute atomic E-state index is 0.687. The molecule has 22 heavy (non-hydrogen) atoms. The highest BCUT2D eigenvalue weighted by molar-refractivity contribution is 5.85. The van der Waals surface area contributed by atoms with Crippen LogP contribution in [0.2, 0.25) is 0 Å². The highest BCUT2D eigenvalue weighted by Gasteiger charge is 2.00. The lowest BCUT2D eigenvalue weighted by Crippen LogP contribution is -1.99. The van der Waals surface area contributed by atoms with Crippen molar-refractivity contribution in [3.05, 3.63) is 35.9 Å². The number of rotatable bonds is 12. The zero-order valence-corrected chi connectivity index (χ0v) is 13.6. The van der Waals surface area contributed by atoms with Crippen LogP contribution in [0.5, 0.6) is 5.75 Å². The second-order valence-electron chi connectivity index (χ2n) is 5.53. The maximum atomic E-state index is 10.6. The largest absolute Gasteiger partial charge is 0.493 e. The summed E-state index contributed by atoms with van der Waals surface area (Å²) in [5.41, 5.74) is 0.810. The predicted octanol–water partition coefficient (Wildman–Crippen LogP) is 5.30. The third-order valence-corrected chi connectivity index (χ3v) is 3.58. The zero-order valence-electron chi connectivity index (χ0n) is 13.6. The van der Waals surface area contributed by atoms with Crippen molar-refractivity contribution in [3.63, 3.8) is 0 Å². The first kappa shape index (κ1) is 18.3. The molecular formula is C19H28O3. The van der Waals surface area contributed by atoms with E-state index in [1.165, 1.54) is 44.9 Å². The molecule has 0 spiro atoms. The molecule has 1 aromatic carbocycles. The third kappa shape index (κ3) is 8.50. The van der Waals surface area contributed by atoms with Gasteiger partial charge in [0.25, 0.3) is 0 Å². The Morgan fingerprint density at radius 2 is 1.68 bits per heavy atom. The highest BCUT2D eigenvalue weighted by Crippen LogP contribution is 2.20. The number of carboxylic acids is 1. The van der Waals surface area contributed by atoms with Gasteiger partial charge in [-0.1, -0.05) is 70.1 Å². The quantitative estimate of drug-likeness (QED) is 0.421. The molecule has 0 atom stereocenters. The van der Waals surface area contributed by atoms with E-state index >= 15 is 0 Å². The fourth-order valence-electron chi connectivity index (χ4n) is 2.33. The van der Waals surface area contributed by atoms with Gasteiger partial charge in [-0.2, -0.15) is 0 Å². The molecule has 3 nitrogen and oxygen atoms in total.